The average Bonchev–Trinajstić information content (AvgIpc) is 2.68. The second-order valence-electron chi connectivity index (χ2n) is 8.89. The van der Waals surface area contributed by atoms with Crippen molar-refractivity contribution in [3.63, 3.8) is 0 Å². The van der Waals surface area contributed by atoms with E-state index in [0.717, 1.165) is 30.1 Å². The molecule has 144 valence electrons. The number of rotatable bonds is 7. The molecule has 0 atom stereocenters. The summed E-state index contributed by atoms with van der Waals surface area (Å²) >= 11 is 3.50. The summed E-state index contributed by atoms with van der Waals surface area (Å²) in [6.07, 6.45) is 22.1. The molecule has 26 heavy (non-hydrogen) atoms. The van der Waals surface area contributed by atoms with E-state index < -0.39 is 0 Å². The van der Waals surface area contributed by atoms with Crippen LogP contribution < -0.4 is 0 Å². The molecule has 1 aromatic carbocycles. The van der Waals surface area contributed by atoms with Crippen LogP contribution in [0.1, 0.15) is 83.1 Å². The maximum Gasteiger partial charge on any atom is 0.0175 e. The Morgan fingerprint density at radius 2 is 1.38 bits per heavy atom. The fraction of sp³-hybridized carbons (Fsp3) is 0.680. The fourth-order valence-corrected chi connectivity index (χ4v) is 5.64. The van der Waals surface area contributed by atoms with E-state index in [2.05, 4.69) is 59.3 Å². The lowest BCUT2D eigenvalue weighted by molar-refractivity contribution is 0.144. The third-order valence-corrected chi connectivity index (χ3v) is 7.58. The molecule has 2 fully saturated rings. The van der Waals surface area contributed by atoms with Crippen molar-refractivity contribution in [1.29, 1.82) is 0 Å². The van der Waals surface area contributed by atoms with Crippen LogP contribution in [0.5, 0.6) is 0 Å². The number of hydrogen-bond donors (Lipinski definition) is 0. The van der Waals surface area contributed by atoms with Crippen molar-refractivity contribution in [1.82, 2.24) is 0 Å². The van der Waals surface area contributed by atoms with Gasteiger partial charge in [-0.2, -0.15) is 0 Å². The first-order chi connectivity index (χ1) is 12.7. The van der Waals surface area contributed by atoms with Gasteiger partial charge in [-0.05, 0) is 92.7 Å². The Kier molecular flexibility index (Phi) is 8.30. The van der Waals surface area contributed by atoms with Crippen LogP contribution in [-0.4, -0.2) is 0 Å². The Balaban J connectivity index is 1.32. The summed E-state index contributed by atoms with van der Waals surface area (Å²) in [6.45, 7) is 2.35. The van der Waals surface area contributed by atoms with E-state index in [1.165, 1.54) is 80.7 Å². The lowest BCUT2D eigenvalue weighted by Gasteiger charge is -2.37. The SMILES string of the molecule is CCCC1CCC(C2CCC(C/C=C\Cc3ccc(Br)cc3)CC2)CC1. The van der Waals surface area contributed by atoms with Gasteiger partial charge in [0.25, 0.3) is 0 Å². The van der Waals surface area contributed by atoms with Gasteiger partial charge in [0.2, 0.25) is 0 Å². The van der Waals surface area contributed by atoms with Crippen LogP contribution >= 0.6 is 15.9 Å². The molecule has 1 aromatic rings. The van der Waals surface area contributed by atoms with Crippen LogP contribution in [0.2, 0.25) is 0 Å². The van der Waals surface area contributed by atoms with Gasteiger partial charge in [0.15, 0.2) is 0 Å². The summed E-state index contributed by atoms with van der Waals surface area (Å²) in [7, 11) is 0. The quantitative estimate of drug-likeness (QED) is 0.391. The first-order valence-electron chi connectivity index (χ1n) is 11.1. The monoisotopic (exact) mass is 416 g/mol. The molecule has 0 spiro atoms. The number of benzene rings is 1. The largest absolute Gasteiger partial charge is 0.0879 e. The summed E-state index contributed by atoms with van der Waals surface area (Å²) in [5.41, 5.74) is 1.41. The third-order valence-electron chi connectivity index (χ3n) is 7.05. The first-order valence-corrected chi connectivity index (χ1v) is 11.9. The molecule has 1 heteroatoms. The van der Waals surface area contributed by atoms with E-state index in [1.807, 2.05) is 0 Å². The van der Waals surface area contributed by atoms with Crippen LogP contribution in [-0.2, 0) is 6.42 Å². The minimum absolute atomic E-state index is 0.948. The summed E-state index contributed by atoms with van der Waals surface area (Å²) in [4.78, 5) is 0. The van der Waals surface area contributed by atoms with Gasteiger partial charge in [0.1, 0.15) is 0 Å². The molecule has 2 aliphatic carbocycles. The van der Waals surface area contributed by atoms with Gasteiger partial charge in [0.05, 0.1) is 0 Å². The molecule has 0 aromatic heterocycles. The van der Waals surface area contributed by atoms with Crippen LogP contribution in [0.25, 0.3) is 0 Å². The molecular formula is C25H37Br. The van der Waals surface area contributed by atoms with Crippen molar-refractivity contribution < 1.29 is 0 Å². The maximum atomic E-state index is 3.50. The molecule has 2 saturated carbocycles. The van der Waals surface area contributed by atoms with Crippen LogP contribution in [0.15, 0.2) is 40.9 Å². The Hall–Kier alpha value is -0.560. The molecule has 0 nitrogen and oxygen atoms in total. The Bertz CT molecular complexity index is 528. The van der Waals surface area contributed by atoms with Gasteiger partial charge < -0.3 is 0 Å². The van der Waals surface area contributed by atoms with Crippen LogP contribution in [0.3, 0.4) is 0 Å². The standard InChI is InChI=1S/C25H37Br/c1-2-5-20-8-14-23(15-9-20)24-16-10-21(11-17-24)6-3-4-7-22-12-18-25(26)19-13-22/h3-4,12-13,18-21,23-24H,2,5-11,14-17H2,1H3/b4-3-. The lowest BCUT2D eigenvalue weighted by Crippen LogP contribution is -2.25. The Morgan fingerprint density at radius 1 is 0.808 bits per heavy atom. The van der Waals surface area contributed by atoms with E-state index in [1.54, 1.807) is 0 Å². The molecule has 3 rings (SSSR count). The predicted molar refractivity (Wildman–Crippen MR) is 117 cm³/mol. The lowest BCUT2D eigenvalue weighted by atomic mass is 9.68. The zero-order chi connectivity index (χ0) is 18.2. The van der Waals surface area contributed by atoms with Gasteiger partial charge in [-0.3, -0.25) is 0 Å². The molecule has 0 aliphatic heterocycles. The normalized spacial score (nSPS) is 29.9. The molecule has 0 heterocycles. The summed E-state index contributed by atoms with van der Waals surface area (Å²) in [5.74, 6) is 4.13. The van der Waals surface area contributed by atoms with Gasteiger partial charge in [-0.1, -0.05) is 72.8 Å². The highest BCUT2D eigenvalue weighted by atomic mass is 79.9. The van der Waals surface area contributed by atoms with E-state index >= 15 is 0 Å². The first kappa shape index (κ1) is 20.2. The number of halogens is 1. The zero-order valence-corrected chi connectivity index (χ0v) is 18.2. The molecule has 0 N–H and O–H groups in total. The predicted octanol–water partition coefficient (Wildman–Crippen LogP) is 8.35. The van der Waals surface area contributed by atoms with Gasteiger partial charge in [0, 0.05) is 4.47 Å². The average molecular weight is 417 g/mol. The van der Waals surface area contributed by atoms with Crippen molar-refractivity contribution in [3.8, 4) is 0 Å². The smallest absolute Gasteiger partial charge is 0.0175 e. The van der Waals surface area contributed by atoms with E-state index in [9.17, 15) is 0 Å². The molecule has 2 aliphatic rings. The molecule has 0 bridgehead atoms. The van der Waals surface area contributed by atoms with Gasteiger partial charge in [-0.25, -0.2) is 0 Å². The van der Waals surface area contributed by atoms with Crippen molar-refractivity contribution in [2.45, 2.75) is 84.0 Å². The third kappa shape index (κ3) is 6.25. The van der Waals surface area contributed by atoms with Gasteiger partial charge in [-0.15, -0.1) is 0 Å². The van der Waals surface area contributed by atoms with Crippen LogP contribution in [0, 0.1) is 23.7 Å². The Labute approximate surface area is 170 Å². The summed E-state index contributed by atoms with van der Waals surface area (Å²) in [6, 6.07) is 8.71. The molecule has 0 radical (unpaired) electrons. The van der Waals surface area contributed by atoms with Crippen molar-refractivity contribution >= 4 is 15.9 Å². The highest BCUT2D eigenvalue weighted by molar-refractivity contribution is 9.10. The van der Waals surface area contributed by atoms with E-state index in [0.29, 0.717) is 0 Å². The minimum Gasteiger partial charge on any atom is -0.0879 e. The van der Waals surface area contributed by atoms with Gasteiger partial charge >= 0.3 is 0 Å². The highest BCUT2D eigenvalue weighted by Gasteiger charge is 2.30. The van der Waals surface area contributed by atoms with Crippen LogP contribution in [0.4, 0.5) is 0 Å². The topological polar surface area (TPSA) is 0 Å². The maximum absolute atomic E-state index is 3.50. The second-order valence-corrected chi connectivity index (χ2v) is 9.80. The molecule has 0 saturated heterocycles. The fourth-order valence-electron chi connectivity index (χ4n) is 5.38. The number of hydrogen-bond acceptors (Lipinski definition) is 0. The highest BCUT2D eigenvalue weighted by Crippen LogP contribution is 2.42. The number of allylic oxidation sites excluding steroid dienone is 2. The zero-order valence-electron chi connectivity index (χ0n) is 16.6. The summed E-state index contributed by atoms with van der Waals surface area (Å²) in [5, 5.41) is 0. The molecule has 0 unspecified atom stereocenters. The Morgan fingerprint density at radius 3 is 1.96 bits per heavy atom. The minimum atomic E-state index is 0.948. The molecule has 0 amide bonds. The van der Waals surface area contributed by atoms with Crippen molar-refractivity contribution in [2.75, 3.05) is 0 Å². The summed E-state index contributed by atoms with van der Waals surface area (Å²) < 4.78 is 1.17. The van der Waals surface area contributed by atoms with Crippen molar-refractivity contribution in [2.24, 2.45) is 23.7 Å². The second kappa shape index (κ2) is 10.7. The van der Waals surface area contributed by atoms with E-state index in [4.69, 9.17) is 0 Å². The van der Waals surface area contributed by atoms with Crippen molar-refractivity contribution in [3.05, 3.63) is 46.5 Å². The van der Waals surface area contributed by atoms with E-state index in [-0.39, 0.29) is 0 Å². The molecular weight excluding hydrogens is 380 g/mol.